The Morgan fingerprint density at radius 1 is 1.35 bits per heavy atom. The molecule has 0 unspecified atom stereocenters. The van der Waals surface area contributed by atoms with Crippen molar-refractivity contribution in [3.8, 4) is 5.75 Å². The lowest BCUT2D eigenvalue weighted by molar-refractivity contribution is -0.137. The van der Waals surface area contributed by atoms with Crippen molar-refractivity contribution in [1.29, 1.82) is 0 Å². The smallest absolute Gasteiger partial charge is 0.415 e. The van der Waals surface area contributed by atoms with Crippen LogP contribution in [0, 0.1) is 0 Å². The number of benzene rings is 1. The largest absolute Gasteiger partial charge is 0.496 e. The third-order valence-electron chi connectivity index (χ3n) is 2.38. The van der Waals surface area contributed by atoms with Gasteiger partial charge in [0.2, 0.25) is 0 Å². The average Bonchev–Trinajstić information content (AvgIpc) is 2.52. The number of halogens is 1. The molecule has 1 amide bonds. The number of nitrogens with one attached hydrogen (secondary N) is 1. The minimum absolute atomic E-state index is 0.452. The van der Waals surface area contributed by atoms with Crippen LogP contribution in [0.25, 0.3) is 6.08 Å². The molecule has 0 atom stereocenters. The number of esters is 2. The lowest BCUT2D eigenvalue weighted by atomic mass is 10.2. The van der Waals surface area contributed by atoms with E-state index in [1.807, 2.05) is 5.32 Å². The molecule has 0 aromatic heterocycles. The van der Waals surface area contributed by atoms with Crippen molar-refractivity contribution < 1.29 is 28.6 Å². The minimum atomic E-state index is -1.08. The van der Waals surface area contributed by atoms with Crippen molar-refractivity contribution in [3.63, 3.8) is 0 Å². The van der Waals surface area contributed by atoms with E-state index in [1.165, 1.54) is 13.2 Å². The van der Waals surface area contributed by atoms with Gasteiger partial charge in [-0.3, -0.25) is 0 Å². The second kappa shape index (κ2) is 9.26. The predicted molar refractivity (Wildman–Crippen MR) is 82.8 cm³/mol. The molecule has 0 bridgehead atoms. The normalized spacial score (nSPS) is 10.0. The summed E-state index contributed by atoms with van der Waals surface area (Å²) in [6.07, 6.45) is 2.27. The highest BCUT2D eigenvalue weighted by Gasteiger charge is 2.10. The van der Waals surface area contributed by atoms with Crippen LogP contribution in [-0.4, -0.2) is 31.7 Å². The van der Waals surface area contributed by atoms with Crippen molar-refractivity contribution in [2.45, 2.75) is 0 Å². The number of hydrogen-bond donors (Lipinski definition) is 1. The summed E-state index contributed by atoms with van der Waals surface area (Å²) in [5, 5.41) is 2.53. The van der Waals surface area contributed by atoms with E-state index >= 15 is 0 Å². The summed E-state index contributed by atoms with van der Waals surface area (Å²) < 4.78 is 13.9. The van der Waals surface area contributed by atoms with Crippen LogP contribution < -0.4 is 10.1 Å². The molecular weight excluding hydrogens is 326 g/mol. The summed E-state index contributed by atoms with van der Waals surface area (Å²) >= 11 is 5.82. The molecule has 0 aliphatic rings. The van der Waals surface area contributed by atoms with Gasteiger partial charge in [-0.2, -0.15) is 0 Å². The zero-order valence-corrected chi connectivity index (χ0v) is 13.0. The fourth-order valence-electron chi connectivity index (χ4n) is 1.42. The lowest BCUT2D eigenvalue weighted by Gasteiger charge is -2.05. The Morgan fingerprint density at radius 2 is 2.09 bits per heavy atom. The minimum Gasteiger partial charge on any atom is -0.496 e. The Hall–Kier alpha value is -2.80. The van der Waals surface area contributed by atoms with Gasteiger partial charge in [-0.15, -0.1) is 0 Å². The number of carbonyl (C=O) groups excluding carboxylic acids is 3. The molecule has 1 rings (SSSR count). The topological polar surface area (TPSA) is 90.9 Å². The van der Waals surface area contributed by atoms with Crippen LogP contribution in [0.2, 0.25) is 5.02 Å². The number of rotatable bonds is 6. The van der Waals surface area contributed by atoms with Gasteiger partial charge in [0.05, 0.1) is 13.4 Å². The van der Waals surface area contributed by atoms with Crippen molar-refractivity contribution in [2.24, 2.45) is 0 Å². The van der Waals surface area contributed by atoms with Gasteiger partial charge < -0.3 is 19.5 Å². The number of hydrogen-bond acceptors (Lipinski definition) is 6. The van der Waals surface area contributed by atoms with E-state index in [1.54, 1.807) is 18.2 Å². The summed E-state index contributed by atoms with van der Waals surface area (Å²) in [7, 11) is 1.46. The van der Waals surface area contributed by atoms with Gasteiger partial charge in [0.25, 0.3) is 0 Å². The van der Waals surface area contributed by atoms with Crippen molar-refractivity contribution in [3.05, 3.63) is 47.7 Å². The molecule has 122 valence electrons. The summed E-state index contributed by atoms with van der Waals surface area (Å²) in [5.74, 6) is -1.21. The maximum absolute atomic E-state index is 11.5. The quantitative estimate of drug-likeness (QED) is 0.370. The molecule has 0 saturated carbocycles. The van der Waals surface area contributed by atoms with Crippen LogP contribution in [0.5, 0.6) is 5.75 Å². The van der Waals surface area contributed by atoms with Gasteiger partial charge in [-0.25, -0.2) is 14.4 Å². The molecule has 0 spiro atoms. The summed E-state index contributed by atoms with van der Waals surface area (Å²) in [5.41, 5.74) is 0.573. The molecule has 1 N–H and O–H groups in total. The number of methoxy groups -OCH3 is 1. The van der Waals surface area contributed by atoms with Gasteiger partial charge >= 0.3 is 18.0 Å². The molecule has 8 heteroatoms. The number of amides is 1. The van der Waals surface area contributed by atoms with Gasteiger partial charge in [0.1, 0.15) is 12.3 Å². The molecule has 7 nitrogen and oxygen atoms in total. The maximum atomic E-state index is 11.5. The first-order chi connectivity index (χ1) is 11.0. The second-order valence-electron chi connectivity index (χ2n) is 3.94. The monoisotopic (exact) mass is 339 g/mol. The Bertz CT molecular complexity index is 641. The van der Waals surface area contributed by atoms with E-state index in [0.29, 0.717) is 16.3 Å². The predicted octanol–water partition coefficient (Wildman–Crippen LogP) is 2.30. The van der Waals surface area contributed by atoms with Gasteiger partial charge in [-0.05, 0) is 24.3 Å². The van der Waals surface area contributed by atoms with E-state index < -0.39 is 24.6 Å². The Morgan fingerprint density at radius 3 is 2.74 bits per heavy atom. The highest BCUT2D eigenvalue weighted by molar-refractivity contribution is 6.30. The van der Waals surface area contributed by atoms with E-state index in [4.69, 9.17) is 16.3 Å². The Labute approximate surface area is 137 Å². The van der Waals surface area contributed by atoms with Crippen LogP contribution in [0.15, 0.2) is 37.1 Å². The van der Waals surface area contributed by atoms with Crippen LogP contribution in [-0.2, 0) is 19.1 Å². The van der Waals surface area contributed by atoms with E-state index in [9.17, 15) is 14.4 Å². The Kier molecular flexibility index (Phi) is 7.35. The SMILES string of the molecule is C=COC(=O)CNC(=O)OC(=O)C=Cc1ccc(Cl)cc1OC. The summed E-state index contributed by atoms with van der Waals surface area (Å²) in [4.78, 5) is 33.7. The Balaban J connectivity index is 2.54. The van der Waals surface area contributed by atoms with Crippen molar-refractivity contribution in [2.75, 3.05) is 13.7 Å². The first-order valence-electron chi connectivity index (χ1n) is 6.28. The molecule has 1 aromatic carbocycles. The lowest BCUT2D eigenvalue weighted by Crippen LogP contribution is -2.31. The second-order valence-corrected chi connectivity index (χ2v) is 4.37. The van der Waals surface area contributed by atoms with Crippen molar-refractivity contribution >= 4 is 35.7 Å². The van der Waals surface area contributed by atoms with Crippen LogP contribution in [0.3, 0.4) is 0 Å². The van der Waals surface area contributed by atoms with E-state index in [0.717, 1.165) is 12.3 Å². The summed E-state index contributed by atoms with van der Waals surface area (Å²) in [6.45, 7) is 2.73. The molecular formula is C15H14ClNO6. The molecule has 0 heterocycles. The van der Waals surface area contributed by atoms with Gasteiger partial charge in [-0.1, -0.05) is 18.2 Å². The van der Waals surface area contributed by atoms with E-state index in [-0.39, 0.29) is 0 Å². The average molecular weight is 340 g/mol. The van der Waals surface area contributed by atoms with Crippen LogP contribution in [0.1, 0.15) is 5.56 Å². The standard InChI is InChI=1S/C15H14ClNO6/c1-3-22-14(19)9-17-15(20)23-13(18)7-5-10-4-6-11(16)8-12(10)21-2/h3-8H,1,9H2,2H3,(H,17,20). The molecule has 0 aliphatic carbocycles. The summed E-state index contributed by atoms with van der Waals surface area (Å²) in [6, 6.07) is 4.83. The molecule has 0 fully saturated rings. The van der Waals surface area contributed by atoms with E-state index in [2.05, 4.69) is 16.1 Å². The fraction of sp³-hybridized carbons (Fsp3) is 0.133. The maximum Gasteiger partial charge on any atom is 0.415 e. The highest BCUT2D eigenvalue weighted by Crippen LogP contribution is 2.24. The zero-order valence-electron chi connectivity index (χ0n) is 12.2. The molecule has 0 radical (unpaired) electrons. The highest BCUT2D eigenvalue weighted by atomic mass is 35.5. The van der Waals surface area contributed by atoms with Crippen LogP contribution in [0.4, 0.5) is 4.79 Å². The molecule has 0 saturated heterocycles. The van der Waals surface area contributed by atoms with Gasteiger partial charge in [0, 0.05) is 16.7 Å². The zero-order chi connectivity index (χ0) is 17.2. The first kappa shape index (κ1) is 18.2. The first-order valence-corrected chi connectivity index (χ1v) is 6.65. The van der Waals surface area contributed by atoms with Crippen molar-refractivity contribution in [1.82, 2.24) is 5.32 Å². The third-order valence-corrected chi connectivity index (χ3v) is 2.61. The number of alkyl carbamates (subject to hydrolysis) is 1. The molecule has 0 aliphatic heterocycles. The number of carbonyl (C=O) groups is 3. The third kappa shape index (κ3) is 6.66. The molecule has 1 aromatic rings. The number of ether oxygens (including phenoxy) is 3. The fourth-order valence-corrected chi connectivity index (χ4v) is 1.58. The molecule has 23 heavy (non-hydrogen) atoms. The van der Waals surface area contributed by atoms with Gasteiger partial charge in [0.15, 0.2) is 0 Å². The van der Waals surface area contributed by atoms with Crippen LogP contribution >= 0.6 is 11.6 Å².